The highest BCUT2D eigenvalue weighted by Crippen LogP contribution is 2.42. The summed E-state index contributed by atoms with van der Waals surface area (Å²) in [5, 5.41) is 10.5. The van der Waals surface area contributed by atoms with Crippen LogP contribution in [0.4, 0.5) is 0 Å². The van der Waals surface area contributed by atoms with Gasteiger partial charge in [-0.2, -0.15) is 0 Å². The molecule has 2 unspecified atom stereocenters. The fourth-order valence-corrected chi connectivity index (χ4v) is 4.75. The maximum atomic E-state index is 12.8. The molecule has 4 rings (SSSR count). The van der Waals surface area contributed by atoms with E-state index in [1.165, 1.54) is 7.11 Å². The summed E-state index contributed by atoms with van der Waals surface area (Å²) < 4.78 is 7.32. The van der Waals surface area contributed by atoms with Gasteiger partial charge < -0.3 is 14.4 Å². The number of rotatable bonds is 6. The number of hydrogen-bond donors (Lipinski definition) is 1. The van der Waals surface area contributed by atoms with Crippen LogP contribution in [-0.4, -0.2) is 39.7 Å². The lowest BCUT2D eigenvalue weighted by atomic mass is 9.88. The number of para-hydroxylation sites is 1. The molecule has 1 aliphatic heterocycles. The standard InChI is InChI=1S/C24H26N2O4/c1-25-19-11-7-6-10-17(19)18-14-21(24(29)30-2)26(15-16-8-4-3-5-9-16)20(23(18)25)12-13-22(27)28/h3-11,20-21H,12-15H2,1-2H3,(H,27,28). The first-order valence-electron chi connectivity index (χ1n) is 10.2. The van der Waals surface area contributed by atoms with E-state index in [9.17, 15) is 14.7 Å². The molecule has 0 radical (unpaired) electrons. The lowest BCUT2D eigenvalue weighted by Gasteiger charge is -2.41. The number of nitrogens with zero attached hydrogens (tertiary/aromatic N) is 2. The summed E-state index contributed by atoms with van der Waals surface area (Å²) in [6, 6.07) is 17.4. The molecule has 2 atom stereocenters. The number of methoxy groups -OCH3 is 1. The molecule has 0 saturated carbocycles. The third-order valence-electron chi connectivity index (χ3n) is 6.09. The minimum absolute atomic E-state index is 0.0326. The average Bonchev–Trinajstić information content (AvgIpc) is 3.05. The van der Waals surface area contributed by atoms with Gasteiger partial charge >= 0.3 is 11.9 Å². The molecule has 0 bridgehead atoms. The van der Waals surface area contributed by atoms with Gasteiger partial charge in [0.1, 0.15) is 6.04 Å². The molecule has 1 aliphatic rings. The predicted octanol–water partition coefficient (Wildman–Crippen LogP) is 3.68. The minimum Gasteiger partial charge on any atom is -0.481 e. The van der Waals surface area contributed by atoms with E-state index in [0.717, 1.165) is 27.7 Å². The molecule has 6 nitrogen and oxygen atoms in total. The van der Waals surface area contributed by atoms with Crippen LogP contribution in [0.3, 0.4) is 0 Å². The fourth-order valence-electron chi connectivity index (χ4n) is 4.75. The number of benzene rings is 2. The van der Waals surface area contributed by atoms with Crippen LogP contribution in [0, 0.1) is 0 Å². The molecule has 1 aromatic heterocycles. The van der Waals surface area contributed by atoms with Crippen LogP contribution in [0.15, 0.2) is 54.6 Å². The molecule has 1 N–H and O–H groups in total. The SMILES string of the molecule is COC(=O)C1Cc2c(n(C)c3ccccc23)C(CCC(=O)O)N1Cc1ccccc1. The number of aromatic nitrogens is 1. The van der Waals surface area contributed by atoms with E-state index in [1.54, 1.807) is 0 Å². The molecular formula is C24H26N2O4. The zero-order chi connectivity index (χ0) is 21.3. The quantitative estimate of drug-likeness (QED) is 0.632. The highest BCUT2D eigenvalue weighted by Gasteiger charge is 2.41. The second kappa shape index (κ2) is 8.32. The molecule has 2 aromatic carbocycles. The topological polar surface area (TPSA) is 71.8 Å². The van der Waals surface area contributed by atoms with E-state index < -0.39 is 12.0 Å². The molecule has 0 spiro atoms. The third-order valence-corrected chi connectivity index (χ3v) is 6.09. The van der Waals surface area contributed by atoms with Gasteiger partial charge in [0.05, 0.1) is 13.2 Å². The zero-order valence-corrected chi connectivity index (χ0v) is 17.2. The van der Waals surface area contributed by atoms with Gasteiger partial charge in [0.15, 0.2) is 0 Å². The second-order valence-electron chi connectivity index (χ2n) is 7.79. The summed E-state index contributed by atoms with van der Waals surface area (Å²) in [5.74, 6) is -1.12. The van der Waals surface area contributed by atoms with Crippen molar-refractivity contribution in [3.63, 3.8) is 0 Å². The number of aryl methyl sites for hydroxylation is 1. The Balaban J connectivity index is 1.86. The van der Waals surface area contributed by atoms with Crippen LogP contribution in [0.5, 0.6) is 0 Å². The van der Waals surface area contributed by atoms with Crippen molar-refractivity contribution in [1.82, 2.24) is 9.47 Å². The molecule has 30 heavy (non-hydrogen) atoms. The van der Waals surface area contributed by atoms with Crippen molar-refractivity contribution in [2.24, 2.45) is 7.05 Å². The maximum absolute atomic E-state index is 12.8. The van der Waals surface area contributed by atoms with E-state index >= 15 is 0 Å². The minimum atomic E-state index is -0.838. The molecule has 0 aliphatic carbocycles. The summed E-state index contributed by atoms with van der Waals surface area (Å²) in [4.78, 5) is 26.4. The van der Waals surface area contributed by atoms with Crippen molar-refractivity contribution >= 4 is 22.8 Å². The predicted molar refractivity (Wildman–Crippen MR) is 114 cm³/mol. The first-order chi connectivity index (χ1) is 14.5. The van der Waals surface area contributed by atoms with E-state index in [0.29, 0.717) is 19.4 Å². The largest absolute Gasteiger partial charge is 0.481 e. The Morgan fingerprint density at radius 3 is 2.50 bits per heavy atom. The highest BCUT2D eigenvalue weighted by atomic mass is 16.5. The Kier molecular flexibility index (Phi) is 5.59. The van der Waals surface area contributed by atoms with Gasteiger partial charge in [-0.1, -0.05) is 48.5 Å². The molecule has 0 saturated heterocycles. The third kappa shape index (κ3) is 3.59. The molecular weight excluding hydrogens is 380 g/mol. The average molecular weight is 406 g/mol. The number of aliphatic carboxylic acids is 1. The molecule has 0 amide bonds. The van der Waals surface area contributed by atoms with Crippen molar-refractivity contribution < 1.29 is 19.4 Å². The van der Waals surface area contributed by atoms with Gasteiger partial charge in [0.2, 0.25) is 0 Å². The van der Waals surface area contributed by atoms with Crippen molar-refractivity contribution in [2.45, 2.75) is 37.9 Å². The van der Waals surface area contributed by atoms with Crippen molar-refractivity contribution in [1.29, 1.82) is 0 Å². The van der Waals surface area contributed by atoms with Gasteiger partial charge in [-0.3, -0.25) is 14.5 Å². The number of carboxylic acid groups (broad SMARTS) is 1. The molecule has 156 valence electrons. The lowest BCUT2D eigenvalue weighted by Crippen LogP contribution is -2.48. The van der Waals surface area contributed by atoms with Crippen LogP contribution >= 0.6 is 0 Å². The van der Waals surface area contributed by atoms with Crippen LogP contribution < -0.4 is 0 Å². The number of fused-ring (bicyclic) bond motifs is 3. The lowest BCUT2D eigenvalue weighted by molar-refractivity contribution is -0.149. The van der Waals surface area contributed by atoms with Crippen LogP contribution in [0.2, 0.25) is 0 Å². The number of ether oxygens (including phenoxy) is 1. The van der Waals surface area contributed by atoms with Crippen LogP contribution in [-0.2, 0) is 34.3 Å². The van der Waals surface area contributed by atoms with E-state index in [-0.39, 0.29) is 18.4 Å². The van der Waals surface area contributed by atoms with Gasteiger partial charge in [0.25, 0.3) is 0 Å². The normalized spacial score (nSPS) is 18.9. The Morgan fingerprint density at radius 2 is 1.80 bits per heavy atom. The number of carbonyl (C=O) groups is 2. The highest BCUT2D eigenvalue weighted by molar-refractivity contribution is 5.88. The van der Waals surface area contributed by atoms with E-state index in [4.69, 9.17) is 4.74 Å². The Bertz CT molecular complexity index is 1070. The van der Waals surface area contributed by atoms with Crippen molar-refractivity contribution in [2.75, 3.05) is 7.11 Å². The number of carbonyl (C=O) groups excluding carboxylic acids is 1. The molecule has 6 heteroatoms. The van der Waals surface area contributed by atoms with Gasteiger partial charge in [-0.25, -0.2) is 0 Å². The summed E-state index contributed by atoms with van der Waals surface area (Å²) >= 11 is 0. The van der Waals surface area contributed by atoms with Gasteiger partial charge in [-0.05, 0) is 23.6 Å². The van der Waals surface area contributed by atoms with E-state index in [1.807, 2.05) is 49.5 Å². The summed E-state index contributed by atoms with van der Waals surface area (Å²) in [7, 11) is 3.43. The van der Waals surface area contributed by atoms with Crippen molar-refractivity contribution in [3.05, 3.63) is 71.4 Å². The Hall–Kier alpha value is -3.12. The molecule has 2 heterocycles. The number of hydrogen-bond acceptors (Lipinski definition) is 4. The second-order valence-corrected chi connectivity index (χ2v) is 7.79. The first-order valence-corrected chi connectivity index (χ1v) is 10.2. The summed E-state index contributed by atoms with van der Waals surface area (Å²) in [6.45, 7) is 0.547. The van der Waals surface area contributed by atoms with Crippen LogP contribution in [0.25, 0.3) is 10.9 Å². The van der Waals surface area contributed by atoms with Gasteiger partial charge in [-0.15, -0.1) is 0 Å². The summed E-state index contributed by atoms with van der Waals surface area (Å²) in [6.07, 6.45) is 0.997. The molecule has 3 aromatic rings. The maximum Gasteiger partial charge on any atom is 0.323 e. The van der Waals surface area contributed by atoms with Gasteiger partial charge in [0, 0.05) is 43.0 Å². The number of esters is 1. The number of carboxylic acids is 1. The Labute approximate surface area is 175 Å². The van der Waals surface area contributed by atoms with Crippen molar-refractivity contribution in [3.8, 4) is 0 Å². The Morgan fingerprint density at radius 1 is 1.10 bits per heavy atom. The van der Waals surface area contributed by atoms with E-state index in [2.05, 4.69) is 21.6 Å². The van der Waals surface area contributed by atoms with Crippen LogP contribution in [0.1, 0.15) is 35.7 Å². The molecule has 0 fully saturated rings. The fraction of sp³-hybridized carbons (Fsp3) is 0.333. The smallest absolute Gasteiger partial charge is 0.323 e. The summed E-state index contributed by atoms with van der Waals surface area (Å²) in [5.41, 5.74) is 4.37. The zero-order valence-electron chi connectivity index (χ0n) is 17.2. The first kappa shape index (κ1) is 20.2. The monoisotopic (exact) mass is 406 g/mol.